The van der Waals surface area contributed by atoms with Gasteiger partial charge in [-0.1, -0.05) is 0 Å². The molecule has 2 rings (SSSR count). The van der Waals surface area contributed by atoms with Gasteiger partial charge in [0.05, 0.1) is 6.20 Å². The van der Waals surface area contributed by atoms with Gasteiger partial charge in [-0.25, -0.2) is 19.6 Å². The first-order valence-electron chi connectivity index (χ1n) is 4.68. The van der Waals surface area contributed by atoms with Crippen molar-refractivity contribution in [2.45, 2.75) is 6.42 Å². The molecule has 1 aromatic rings. The lowest BCUT2D eigenvalue weighted by molar-refractivity contribution is 0.0671. The molecule has 7 heteroatoms. The van der Waals surface area contributed by atoms with Crippen molar-refractivity contribution in [3.8, 4) is 0 Å². The third-order valence-corrected chi connectivity index (χ3v) is 2.33. The number of hydrogen-bond donors (Lipinski definition) is 2. The summed E-state index contributed by atoms with van der Waals surface area (Å²) in [7, 11) is 0. The number of aromatic carboxylic acids is 2. The Hall–Kier alpha value is -2.18. The lowest BCUT2D eigenvalue weighted by Crippen LogP contribution is -2.39. The monoisotopic (exact) mass is 223 g/mol. The minimum Gasteiger partial charge on any atom is -0.476 e. The third-order valence-electron chi connectivity index (χ3n) is 2.33. The van der Waals surface area contributed by atoms with Crippen LogP contribution in [0.3, 0.4) is 0 Å². The zero-order valence-corrected chi connectivity index (χ0v) is 8.25. The van der Waals surface area contributed by atoms with Crippen molar-refractivity contribution >= 4 is 17.8 Å². The molecule has 0 aliphatic carbocycles. The molecule has 1 saturated heterocycles. The highest BCUT2D eigenvalue weighted by Crippen LogP contribution is 2.21. The van der Waals surface area contributed by atoms with Crippen LogP contribution in [-0.4, -0.2) is 45.2 Å². The van der Waals surface area contributed by atoms with E-state index in [2.05, 4.69) is 9.97 Å². The first kappa shape index (κ1) is 10.3. The highest BCUT2D eigenvalue weighted by molar-refractivity contribution is 5.93. The molecule has 1 fully saturated rings. The third kappa shape index (κ3) is 1.67. The van der Waals surface area contributed by atoms with Crippen LogP contribution in [0.2, 0.25) is 0 Å². The van der Waals surface area contributed by atoms with Crippen LogP contribution in [0.4, 0.5) is 5.82 Å². The van der Waals surface area contributed by atoms with Gasteiger partial charge in [0.2, 0.25) is 0 Å². The Morgan fingerprint density at radius 1 is 1.25 bits per heavy atom. The molecule has 0 spiro atoms. The maximum atomic E-state index is 10.9. The molecule has 0 atom stereocenters. The molecule has 0 aromatic carbocycles. The maximum Gasteiger partial charge on any atom is 0.358 e. The highest BCUT2D eigenvalue weighted by atomic mass is 16.4. The Labute approximate surface area is 90.4 Å². The van der Waals surface area contributed by atoms with E-state index < -0.39 is 11.9 Å². The van der Waals surface area contributed by atoms with E-state index in [9.17, 15) is 9.59 Å². The van der Waals surface area contributed by atoms with Gasteiger partial charge in [0.1, 0.15) is 0 Å². The molecule has 1 aliphatic rings. The Bertz CT molecular complexity index is 456. The van der Waals surface area contributed by atoms with E-state index in [-0.39, 0.29) is 17.2 Å². The fraction of sp³-hybridized carbons (Fsp3) is 0.333. The van der Waals surface area contributed by atoms with E-state index in [4.69, 9.17) is 10.2 Å². The van der Waals surface area contributed by atoms with Crippen molar-refractivity contribution in [3.05, 3.63) is 17.6 Å². The van der Waals surface area contributed by atoms with E-state index in [0.717, 1.165) is 12.6 Å². The summed E-state index contributed by atoms with van der Waals surface area (Å²) in [6.45, 7) is 1.36. The Kier molecular flexibility index (Phi) is 2.43. The molecule has 0 unspecified atom stereocenters. The molecule has 16 heavy (non-hydrogen) atoms. The standard InChI is InChI=1S/C9H9N3O4/c13-8(14)5-4-10-6(9(15)16)7(11-5)12-2-1-3-12/h4H,1-3H2,(H,13,14)(H,15,16). The van der Waals surface area contributed by atoms with Crippen molar-refractivity contribution in [3.63, 3.8) is 0 Å². The van der Waals surface area contributed by atoms with Crippen LogP contribution in [0.25, 0.3) is 0 Å². The first-order chi connectivity index (χ1) is 7.59. The molecule has 0 saturated carbocycles. The predicted octanol–water partition coefficient (Wildman–Crippen LogP) is 0.0831. The Morgan fingerprint density at radius 2 is 1.94 bits per heavy atom. The normalized spacial score (nSPS) is 14.4. The minimum absolute atomic E-state index is 0.138. The molecule has 0 amide bonds. The van der Waals surface area contributed by atoms with Gasteiger partial charge in [0.25, 0.3) is 0 Å². The summed E-state index contributed by atoms with van der Waals surface area (Å²) in [5.74, 6) is -2.28. The van der Waals surface area contributed by atoms with E-state index in [0.29, 0.717) is 13.1 Å². The second kappa shape index (κ2) is 3.76. The predicted molar refractivity (Wildman–Crippen MR) is 52.8 cm³/mol. The van der Waals surface area contributed by atoms with Crippen LogP contribution in [0, 0.1) is 0 Å². The van der Waals surface area contributed by atoms with Crippen LogP contribution in [0.5, 0.6) is 0 Å². The topological polar surface area (TPSA) is 104 Å². The molecule has 84 valence electrons. The summed E-state index contributed by atoms with van der Waals surface area (Å²) in [6, 6.07) is 0. The number of carbonyl (C=O) groups is 2. The number of aromatic nitrogens is 2. The first-order valence-corrected chi connectivity index (χ1v) is 4.68. The largest absolute Gasteiger partial charge is 0.476 e. The van der Waals surface area contributed by atoms with Gasteiger partial charge in [-0.2, -0.15) is 0 Å². The van der Waals surface area contributed by atoms with Crippen LogP contribution >= 0.6 is 0 Å². The molecule has 2 N–H and O–H groups in total. The lowest BCUT2D eigenvalue weighted by Gasteiger charge is -2.32. The number of carboxylic acids is 2. The van der Waals surface area contributed by atoms with Gasteiger partial charge >= 0.3 is 11.9 Å². The van der Waals surface area contributed by atoms with Gasteiger partial charge in [-0.05, 0) is 6.42 Å². The van der Waals surface area contributed by atoms with Crippen LogP contribution in [0.15, 0.2) is 6.20 Å². The molecular weight excluding hydrogens is 214 g/mol. The maximum absolute atomic E-state index is 10.9. The molecule has 2 heterocycles. The van der Waals surface area contributed by atoms with Crippen molar-refractivity contribution in [1.29, 1.82) is 0 Å². The van der Waals surface area contributed by atoms with Crippen LogP contribution in [0.1, 0.15) is 27.4 Å². The number of rotatable bonds is 3. The number of nitrogens with zero attached hydrogens (tertiary/aromatic N) is 3. The van der Waals surface area contributed by atoms with Crippen molar-refractivity contribution in [2.24, 2.45) is 0 Å². The second-order valence-corrected chi connectivity index (χ2v) is 3.38. The summed E-state index contributed by atoms with van der Waals surface area (Å²) in [5.41, 5.74) is -0.448. The van der Waals surface area contributed by atoms with E-state index in [1.165, 1.54) is 0 Å². The van der Waals surface area contributed by atoms with Crippen LogP contribution < -0.4 is 4.90 Å². The van der Waals surface area contributed by atoms with Gasteiger partial charge in [0.15, 0.2) is 17.2 Å². The fourth-order valence-electron chi connectivity index (χ4n) is 1.38. The number of carboxylic acid groups (broad SMARTS) is 2. The Morgan fingerprint density at radius 3 is 2.38 bits per heavy atom. The molecule has 0 bridgehead atoms. The van der Waals surface area contributed by atoms with Gasteiger partial charge in [-0.3, -0.25) is 0 Å². The van der Waals surface area contributed by atoms with Gasteiger partial charge < -0.3 is 15.1 Å². The molecule has 7 nitrogen and oxygen atoms in total. The average molecular weight is 223 g/mol. The second-order valence-electron chi connectivity index (χ2n) is 3.38. The summed E-state index contributed by atoms with van der Waals surface area (Å²) in [5, 5.41) is 17.6. The summed E-state index contributed by atoms with van der Waals surface area (Å²) in [6.07, 6.45) is 1.90. The fourth-order valence-corrected chi connectivity index (χ4v) is 1.38. The van der Waals surface area contributed by atoms with Crippen molar-refractivity contribution < 1.29 is 19.8 Å². The SMILES string of the molecule is O=C(O)c1cnc(C(=O)O)c(N2CCC2)n1. The minimum atomic E-state index is -1.22. The van der Waals surface area contributed by atoms with Crippen molar-refractivity contribution in [2.75, 3.05) is 18.0 Å². The number of hydrogen-bond acceptors (Lipinski definition) is 5. The van der Waals surface area contributed by atoms with Crippen molar-refractivity contribution in [1.82, 2.24) is 9.97 Å². The average Bonchev–Trinajstić information content (AvgIpc) is 2.14. The summed E-state index contributed by atoms with van der Waals surface area (Å²) in [4.78, 5) is 30.7. The Balaban J connectivity index is 2.46. The van der Waals surface area contributed by atoms with E-state index >= 15 is 0 Å². The van der Waals surface area contributed by atoms with Gasteiger partial charge in [-0.15, -0.1) is 0 Å². The number of anilines is 1. The molecule has 0 radical (unpaired) electrons. The van der Waals surface area contributed by atoms with E-state index in [1.54, 1.807) is 4.90 Å². The van der Waals surface area contributed by atoms with E-state index in [1.807, 2.05) is 0 Å². The highest BCUT2D eigenvalue weighted by Gasteiger charge is 2.25. The summed E-state index contributed by atoms with van der Waals surface area (Å²) < 4.78 is 0. The lowest BCUT2D eigenvalue weighted by atomic mass is 10.2. The van der Waals surface area contributed by atoms with Gasteiger partial charge in [0, 0.05) is 13.1 Å². The molecular formula is C9H9N3O4. The molecule has 1 aliphatic heterocycles. The zero-order chi connectivity index (χ0) is 11.7. The summed E-state index contributed by atoms with van der Waals surface area (Å²) >= 11 is 0. The smallest absolute Gasteiger partial charge is 0.358 e. The quantitative estimate of drug-likeness (QED) is 0.747. The van der Waals surface area contributed by atoms with Crippen LogP contribution in [-0.2, 0) is 0 Å². The molecule has 1 aromatic heterocycles. The zero-order valence-electron chi connectivity index (χ0n) is 8.25.